The van der Waals surface area contributed by atoms with Crippen LogP contribution in [0.3, 0.4) is 0 Å². The van der Waals surface area contributed by atoms with Crippen molar-refractivity contribution in [2.45, 2.75) is 6.54 Å². The van der Waals surface area contributed by atoms with Crippen LogP contribution in [0.4, 0.5) is 4.79 Å². The molecule has 0 aliphatic carbocycles. The summed E-state index contributed by atoms with van der Waals surface area (Å²) < 4.78 is 5.38. The zero-order valence-electron chi connectivity index (χ0n) is 7.88. The van der Waals surface area contributed by atoms with Gasteiger partial charge in [0.1, 0.15) is 17.9 Å². The molecule has 0 fully saturated rings. The summed E-state index contributed by atoms with van der Waals surface area (Å²) in [6, 6.07) is 8.27. The van der Waals surface area contributed by atoms with Crippen molar-refractivity contribution in [3.8, 4) is 0 Å². The molecule has 0 bridgehead atoms. The first-order chi connectivity index (χ1) is 7.16. The average molecular weight is 206 g/mol. The number of carbonyl (C=O) groups excluding carboxylic acids is 1. The maximum atomic E-state index is 10.6. The molecule has 78 valence electrons. The van der Waals surface area contributed by atoms with Crippen molar-refractivity contribution in [1.29, 1.82) is 0 Å². The molecule has 1 aromatic heterocycles. The quantitative estimate of drug-likeness (QED) is 0.579. The van der Waals surface area contributed by atoms with E-state index in [0.717, 1.165) is 5.39 Å². The zero-order valence-corrected chi connectivity index (χ0v) is 7.88. The Morgan fingerprint density at radius 2 is 2.20 bits per heavy atom. The third-order valence-electron chi connectivity index (χ3n) is 2.04. The number of rotatable bonds is 2. The molecule has 2 rings (SSSR count). The predicted molar refractivity (Wildman–Crippen MR) is 53.1 cm³/mol. The molecule has 2 amide bonds. The second kappa shape index (κ2) is 3.62. The standard InChI is InChI=1S/C10H10N2O3/c11-10(13)12(14)6-8-5-7-3-1-2-4-9(7)15-8/h1-5,14H,6H2,(H2,11,13). The molecule has 0 saturated carbocycles. The Morgan fingerprint density at radius 3 is 2.87 bits per heavy atom. The molecule has 0 atom stereocenters. The van der Waals surface area contributed by atoms with Crippen LogP contribution in [0.25, 0.3) is 11.0 Å². The number of nitrogens with zero attached hydrogens (tertiary/aromatic N) is 1. The summed E-state index contributed by atoms with van der Waals surface area (Å²) in [6.45, 7) is -0.0516. The first-order valence-corrected chi connectivity index (χ1v) is 4.40. The molecule has 0 aliphatic rings. The van der Waals surface area contributed by atoms with E-state index in [1.165, 1.54) is 0 Å². The minimum atomic E-state index is -0.907. The summed E-state index contributed by atoms with van der Waals surface area (Å²) in [6.07, 6.45) is 0. The monoisotopic (exact) mass is 206 g/mol. The summed E-state index contributed by atoms with van der Waals surface area (Å²) in [7, 11) is 0. The van der Waals surface area contributed by atoms with Gasteiger partial charge in [-0.3, -0.25) is 5.21 Å². The number of fused-ring (bicyclic) bond motifs is 1. The van der Waals surface area contributed by atoms with Crippen molar-refractivity contribution < 1.29 is 14.4 Å². The number of furan rings is 1. The van der Waals surface area contributed by atoms with Gasteiger partial charge in [-0.2, -0.15) is 5.06 Å². The lowest BCUT2D eigenvalue weighted by atomic mass is 10.2. The molecule has 0 unspecified atom stereocenters. The molecule has 5 nitrogen and oxygen atoms in total. The number of carbonyl (C=O) groups is 1. The number of para-hydroxylation sites is 1. The number of primary amides is 1. The fourth-order valence-corrected chi connectivity index (χ4v) is 1.34. The lowest BCUT2D eigenvalue weighted by Crippen LogP contribution is -2.31. The summed E-state index contributed by atoms with van der Waals surface area (Å²) in [5, 5.41) is 10.4. The van der Waals surface area contributed by atoms with Crippen molar-refractivity contribution in [2.24, 2.45) is 5.73 Å². The summed E-state index contributed by atoms with van der Waals surface area (Å²) >= 11 is 0. The van der Waals surface area contributed by atoms with E-state index in [1.54, 1.807) is 6.07 Å². The summed E-state index contributed by atoms with van der Waals surface area (Å²) in [5.74, 6) is 0.484. The Balaban J connectivity index is 2.26. The molecular formula is C10H10N2O3. The average Bonchev–Trinajstić information content (AvgIpc) is 2.59. The minimum absolute atomic E-state index is 0.0516. The SMILES string of the molecule is NC(=O)N(O)Cc1cc2ccccc2o1. The van der Waals surface area contributed by atoms with Crippen LogP contribution >= 0.6 is 0 Å². The minimum Gasteiger partial charge on any atom is -0.459 e. The molecule has 2 aromatic rings. The van der Waals surface area contributed by atoms with Crippen molar-refractivity contribution in [2.75, 3.05) is 0 Å². The maximum absolute atomic E-state index is 10.6. The van der Waals surface area contributed by atoms with Crippen molar-refractivity contribution in [3.05, 3.63) is 36.1 Å². The number of nitrogens with two attached hydrogens (primary N) is 1. The van der Waals surface area contributed by atoms with E-state index in [-0.39, 0.29) is 6.54 Å². The molecule has 1 aromatic carbocycles. The van der Waals surface area contributed by atoms with E-state index >= 15 is 0 Å². The number of hydrogen-bond acceptors (Lipinski definition) is 3. The van der Waals surface area contributed by atoms with Crippen molar-refractivity contribution in [3.63, 3.8) is 0 Å². The van der Waals surface area contributed by atoms with Gasteiger partial charge in [0.05, 0.1) is 0 Å². The molecule has 0 radical (unpaired) electrons. The maximum Gasteiger partial charge on any atom is 0.338 e. The van der Waals surface area contributed by atoms with Crippen LogP contribution in [0.1, 0.15) is 5.76 Å². The summed E-state index contributed by atoms with van der Waals surface area (Å²) in [5.41, 5.74) is 5.59. The Labute approximate surface area is 85.6 Å². The lowest BCUT2D eigenvalue weighted by molar-refractivity contribution is -0.0510. The Bertz CT molecular complexity index is 459. The van der Waals surface area contributed by atoms with Crippen LogP contribution in [0.5, 0.6) is 0 Å². The zero-order chi connectivity index (χ0) is 10.8. The van der Waals surface area contributed by atoms with E-state index in [0.29, 0.717) is 16.4 Å². The highest BCUT2D eigenvalue weighted by atomic mass is 16.5. The van der Waals surface area contributed by atoms with E-state index in [9.17, 15) is 4.79 Å². The van der Waals surface area contributed by atoms with Gasteiger partial charge < -0.3 is 10.2 Å². The first-order valence-electron chi connectivity index (χ1n) is 4.40. The Kier molecular flexibility index (Phi) is 2.31. The highest BCUT2D eigenvalue weighted by molar-refractivity contribution is 5.77. The molecule has 3 N–H and O–H groups in total. The predicted octanol–water partition coefficient (Wildman–Crippen LogP) is 1.70. The van der Waals surface area contributed by atoms with E-state index in [4.69, 9.17) is 15.4 Å². The van der Waals surface area contributed by atoms with Crippen LogP contribution in [-0.4, -0.2) is 16.3 Å². The number of hydroxylamine groups is 2. The second-order valence-electron chi connectivity index (χ2n) is 3.15. The highest BCUT2D eigenvalue weighted by Gasteiger charge is 2.10. The fourth-order valence-electron chi connectivity index (χ4n) is 1.34. The molecule has 0 saturated heterocycles. The van der Waals surface area contributed by atoms with Crippen molar-refractivity contribution >= 4 is 17.0 Å². The number of benzene rings is 1. The van der Waals surface area contributed by atoms with Crippen LogP contribution in [0, 0.1) is 0 Å². The van der Waals surface area contributed by atoms with Crippen LogP contribution in [-0.2, 0) is 6.54 Å². The van der Waals surface area contributed by atoms with Gasteiger partial charge in [0.25, 0.3) is 0 Å². The van der Waals surface area contributed by atoms with Crippen LogP contribution in [0.2, 0.25) is 0 Å². The fraction of sp³-hybridized carbons (Fsp3) is 0.100. The van der Waals surface area contributed by atoms with Crippen molar-refractivity contribution in [1.82, 2.24) is 5.06 Å². The van der Waals surface area contributed by atoms with Crippen LogP contribution in [0.15, 0.2) is 34.7 Å². The number of urea groups is 1. The van der Waals surface area contributed by atoms with Gasteiger partial charge in [-0.15, -0.1) is 0 Å². The molecule has 0 aliphatic heterocycles. The molecular weight excluding hydrogens is 196 g/mol. The Hall–Kier alpha value is -2.01. The first kappa shape index (κ1) is 9.54. The number of amides is 2. The largest absolute Gasteiger partial charge is 0.459 e. The van der Waals surface area contributed by atoms with Gasteiger partial charge in [-0.05, 0) is 12.1 Å². The van der Waals surface area contributed by atoms with Gasteiger partial charge in [0, 0.05) is 5.39 Å². The van der Waals surface area contributed by atoms with E-state index in [2.05, 4.69) is 0 Å². The molecule has 5 heteroatoms. The second-order valence-corrected chi connectivity index (χ2v) is 3.15. The van der Waals surface area contributed by atoms with Crippen LogP contribution < -0.4 is 5.73 Å². The van der Waals surface area contributed by atoms with Gasteiger partial charge in [-0.25, -0.2) is 4.79 Å². The third-order valence-corrected chi connectivity index (χ3v) is 2.04. The highest BCUT2D eigenvalue weighted by Crippen LogP contribution is 2.19. The lowest BCUT2D eigenvalue weighted by Gasteiger charge is -2.08. The summed E-state index contributed by atoms with van der Waals surface area (Å²) in [4.78, 5) is 10.6. The molecule has 15 heavy (non-hydrogen) atoms. The molecule has 1 heterocycles. The Morgan fingerprint density at radius 1 is 1.47 bits per heavy atom. The van der Waals surface area contributed by atoms with Gasteiger partial charge >= 0.3 is 6.03 Å². The third kappa shape index (κ3) is 1.92. The van der Waals surface area contributed by atoms with Gasteiger partial charge in [-0.1, -0.05) is 18.2 Å². The van der Waals surface area contributed by atoms with Gasteiger partial charge in [0.2, 0.25) is 0 Å². The molecule has 0 spiro atoms. The normalized spacial score (nSPS) is 10.5. The van der Waals surface area contributed by atoms with E-state index in [1.807, 2.05) is 24.3 Å². The van der Waals surface area contributed by atoms with E-state index < -0.39 is 6.03 Å². The van der Waals surface area contributed by atoms with Gasteiger partial charge in [0.15, 0.2) is 0 Å². The number of hydrogen-bond donors (Lipinski definition) is 2. The smallest absolute Gasteiger partial charge is 0.338 e. The topological polar surface area (TPSA) is 79.7 Å².